The lowest BCUT2D eigenvalue weighted by Crippen LogP contribution is -1.94. The van der Waals surface area contributed by atoms with Crippen molar-refractivity contribution >= 4 is 16.9 Å². The van der Waals surface area contributed by atoms with E-state index in [9.17, 15) is 4.79 Å². The first-order valence-electron chi connectivity index (χ1n) is 5.43. The summed E-state index contributed by atoms with van der Waals surface area (Å²) in [6, 6.07) is 8.03. The number of unbranched alkanes of at least 4 members (excludes halogenated alkanes) is 1. The van der Waals surface area contributed by atoms with Gasteiger partial charge in [0.1, 0.15) is 5.58 Å². The molecule has 1 heterocycles. The molecule has 16 heavy (non-hydrogen) atoms. The Morgan fingerprint density at radius 3 is 2.94 bits per heavy atom. The van der Waals surface area contributed by atoms with E-state index in [1.807, 2.05) is 18.2 Å². The summed E-state index contributed by atoms with van der Waals surface area (Å²) in [5, 5.41) is 9.62. The molecule has 84 valence electrons. The lowest BCUT2D eigenvalue weighted by Gasteiger charge is -2.00. The van der Waals surface area contributed by atoms with Crippen LogP contribution in [0.2, 0.25) is 0 Å². The zero-order chi connectivity index (χ0) is 11.4. The minimum atomic E-state index is -0.717. The largest absolute Gasteiger partial charge is 0.481 e. The lowest BCUT2D eigenvalue weighted by molar-refractivity contribution is -0.137. The highest BCUT2D eigenvalue weighted by Crippen LogP contribution is 2.18. The number of carboxylic acid groups (broad SMARTS) is 1. The first kappa shape index (κ1) is 10.7. The van der Waals surface area contributed by atoms with Crippen molar-refractivity contribution in [3.8, 4) is 0 Å². The highest BCUT2D eigenvalue weighted by molar-refractivity contribution is 5.77. The Balaban J connectivity index is 1.91. The minimum Gasteiger partial charge on any atom is -0.481 e. The molecule has 0 saturated heterocycles. The van der Waals surface area contributed by atoms with E-state index in [2.05, 4.69) is 6.07 Å². The van der Waals surface area contributed by atoms with Crippen LogP contribution in [-0.2, 0) is 11.2 Å². The first-order valence-corrected chi connectivity index (χ1v) is 5.43. The number of hydrogen-bond donors (Lipinski definition) is 1. The van der Waals surface area contributed by atoms with Crippen LogP contribution in [0.25, 0.3) is 11.0 Å². The number of rotatable bonds is 5. The number of fused-ring (bicyclic) bond motifs is 1. The van der Waals surface area contributed by atoms with Crippen LogP contribution in [0.1, 0.15) is 24.8 Å². The molecule has 3 heteroatoms. The van der Waals surface area contributed by atoms with Gasteiger partial charge >= 0.3 is 5.97 Å². The maximum atomic E-state index is 10.3. The average molecular weight is 218 g/mol. The van der Waals surface area contributed by atoms with Crippen molar-refractivity contribution in [3.05, 3.63) is 36.1 Å². The van der Waals surface area contributed by atoms with E-state index >= 15 is 0 Å². The monoisotopic (exact) mass is 218 g/mol. The molecule has 2 aromatic rings. The Hall–Kier alpha value is -1.77. The second-order valence-electron chi connectivity index (χ2n) is 3.89. The van der Waals surface area contributed by atoms with Gasteiger partial charge in [0.2, 0.25) is 0 Å². The van der Waals surface area contributed by atoms with Crippen LogP contribution < -0.4 is 0 Å². The molecule has 3 nitrogen and oxygen atoms in total. The second kappa shape index (κ2) is 4.84. The Kier molecular flexibility index (Phi) is 3.25. The molecule has 0 saturated carbocycles. The quantitative estimate of drug-likeness (QED) is 0.784. The van der Waals surface area contributed by atoms with E-state index in [1.165, 1.54) is 5.56 Å². The Morgan fingerprint density at radius 1 is 1.25 bits per heavy atom. The van der Waals surface area contributed by atoms with E-state index in [0.29, 0.717) is 0 Å². The van der Waals surface area contributed by atoms with E-state index in [-0.39, 0.29) is 6.42 Å². The zero-order valence-corrected chi connectivity index (χ0v) is 8.98. The molecule has 0 atom stereocenters. The Morgan fingerprint density at radius 2 is 2.12 bits per heavy atom. The molecule has 1 aromatic heterocycles. The van der Waals surface area contributed by atoms with E-state index in [4.69, 9.17) is 9.52 Å². The van der Waals surface area contributed by atoms with Crippen molar-refractivity contribution in [2.45, 2.75) is 25.7 Å². The predicted octanol–water partition coefficient (Wildman–Crippen LogP) is 3.23. The number of hydrogen-bond acceptors (Lipinski definition) is 2. The third-order valence-corrected chi connectivity index (χ3v) is 2.62. The van der Waals surface area contributed by atoms with Gasteiger partial charge in [0.15, 0.2) is 0 Å². The van der Waals surface area contributed by atoms with Gasteiger partial charge in [-0.05, 0) is 43.0 Å². The molecular weight excluding hydrogens is 204 g/mol. The van der Waals surface area contributed by atoms with Crippen LogP contribution in [0, 0.1) is 0 Å². The highest BCUT2D eigenvalue weighted by Gasteiger charge is 2.00. The molecule has 0 spiro atoms. The maximum absolute atomic E-state index is 10.3. The third kappa shape index (κ3) is 2.63. The van der Waals surface area contributed by atoms with Gasteiger partial charge in [0.05, 0.1) is 6.26 Å². The average Bonchev–Trinajstić information content (AvgIpc) is 2.71. The van der Waals surface area contributed by atoms with Gasteiger partial charge in [-0.1, -0.05) is 6.07 Å². The van der Waals surface area contributed by atoms with Gasteiger partial charge in [-0.25, -0.2) is 0 Å². The predicted molar refractivity (Wildman–Crippen MR) is 61.4 cm³/mol. The lowest BCUT2D eigenvalue weighted by atomic mass is 10.1. The summed E-state index contributed by atoms with van der Waals surface area (Å²) in [6.45, 7) is 0. The molecule has 1 aromatic carbocycles. The maximum Gasteiger partial charge on any atom is 0.303 e. The fraction of sp³-hybridized carbons (Fsp3) is 0.308. The standard InChI is InChI=1S/C13H14O3/c14-13(15)4-2-1-3-10-5-6-12-11(9-10)7-8-16-12/h5-9H,1-4H2,(H,14,15). The number of carbonyl (C=O) groups is 1. The van der Waals surface area contributed by atoms with E-state index < -0.39 is 5.97 Å². The van der Waals surface area contributed by atoms with Crippen LogP contribution in [0.5, 0.6) is 0 Å². The molecule has 2 rings (SSSR count). The van der Waals surface area contributed by atoms with Crippen molar-refractivity contribution in [2.24, 2.45) is 0 Å². The summed E-state index contributed by atoms with van der Waals surface area (Å²) in [5.41, 5.74) is 2.13. The van der Waals surface area contributed by atoms with Gasteiger partial charge < -0.3 is 9.52 Å². The first-order chi connectivity index (χ1) is 7.75. The Bertz CT molecular complexity index is 485. The molecule has 0 aliphatic carbocycles. The van der Waals surface area contributed by atoms with Crippen molar-refractivity contribution < 1.29 is 14.3 Å². The minimum absolute atomic E-state index is 0.258. The van der Waals surface area contributed by atoms with Gasteiger partial charge in [-0.15, -0.1) is 0 Å². The summed E-state index contributed by atoms with van der Waals surface area (Å²) >= 11 is 0. The molecule has 0 bridgehead atoms. The second-order valence-corrected chi connectivity index (χ2v) is 3.89. The molecule has 0 aliphatic rings. The molecule has 0 unspecified atom stereocenters. The van der Waals surface area contributed by atoms with E-state index in [1.54, 1.807) is 6.26 Å². The summed E-state index contributed by atoms with van der Waals surface area (Å²) in [5.74, 6) is -0.717. The fourth-order valence-electron chi connectivity index (χ4n) is 1.78. The van der Waals surface area contributed by atoms with Crippen LogP contribution >= 0.6 is 0 Å². The fourth-order valence-corrected chi connectivity index (χ4v) is 1.78. The number of benzene rings is 1. The molecular formula is C13H14O3. The number of carboxylic acids is 1. The van der Waals surface area contributed by atoms with E-state index in [0.717, 1.165) is 30.2 Å². The normalized spacial score (nSPS) is 10.8. The van der Waals surface area contributed by atoms with Gasteiger partial charge in [-0.3, -0.25) is 4.79 Å². The van der Waals surface area contributed by atoms with Gasteiger partial charge in [0, 0.05) is 11.8 Å². The molecule has 0 aliphatic heterocycles. The third-order valence-electron chi connectivity index (χ3n) is 2.62. The van der Waals surface area contributed by atoms with Gasteiger partial charge in [0.25, 0.3) is 0 Å². The summed E-state index contributed by atoms with van der Waals surface area (Å²) < 4.78 is 5.25. The van der Waals surface area contributed by atoms with Crippen LogP contribution in [0.4, 0.5) is 0 Å². The van der Waals surface area contributed by atoms with Crippen molar-refractivity contribution in [1.29, 1.82) is 0 Å². The number of aryl methyl sites for hydroxylation is 1. The topological polar surface area (TPSA) is 50.4 Å². The molecule has 0 fully saturated rings. The number of furan rings is 1. The molecule has 0 amide bonds. The van der Waals surface area contributed by atoms with Crippen molar-refractivity contribution in [1.82, 2.24) is 0 Å². The SMILES string of the molecule is O=C(O)CCCCc1ccc2occc2c1. The number of aliphatic carboxylic acids is 1. The van der Waals surface area contributed by atoms with Crippen LogP contribution in [0.3, 0.4) is 0 Å². The van der Waals surface area contributed by atoms with Crippen molar-refractivity contribution in [2.75, 3.05) is 0 Å². The molecule has 0 radical (unpaired) electrons. The highest BCUT2D eigenvalue weighted by atomic mass is 16.4. The summed E-state index contributed by atoms with van der Waals surface area (Å²) in [4.78, 5) is 10.3. The summed E-state index contributed by atoms with van der Waals surface area (Å²) in [7, 11) is 0. The van der Waals surface area contributed by atoms with Gasteiger partial charge in [-0.2, -0.15) is 0 Å². The summed E-state index contributed by atoms with van der Waals surface area (Å²) in [6.07, 6.45) is 4.51. The van der Waals surface area contributed by atoms with Crippen LogP contribution in [0.15, 0.2) is 34.9 Å². The zero-order valence-electron chi connectivity index (χ0n) is 8.98. The smallest absolute Gasteiger partial charge is 0.303 e. The van der Waals surface area contributed by atoms with Crippen molar-refractivity contribution in [3.63, 3.8) is 0 Å². The Labute approximate surface area is 93.7 Å². The molecule has 1 N–H and O–H groups in total. The van der Waals surface area contributed by atoms with Crippen LogP contribution in [-0.4, -0.2) is 11.1 Å².